The maximum absolute atomic E-state index is 12.0. The second-order valence-corrected chi connectivity index (χ2v) is 6.36. The van der Waals surface area contributed by atoms with E-state index in [0.29, 0.717) is 29.0 Å². The van der Waals surface area contributed by atoms with Gasteiger partial charge in [-0.2, -0.15) is 0 Å². The molecule has 0 saturated heterocycles. The summed E-state index contributed by atoms with van der Waals surface area (Å²) >= 11 is 1.31. The van der Waals surface area contributed by atoms with Crippen molar-refractivity contribution in [3.05, 3.63) is 59.6 Å². The van der Waals surface area contributed by atoms with Crippen LogP contribution in [-0.4, -0.2) is 31.5 Å². The molecule has 0 atom stereocenters. The number of nitrogens with zero attached hydrogens (tertiary/aromatic N) is 3. The van der Waals surface area contributed by atoms with Crippen molar-refractivity contribution in [1.29, 1.82) is 0 Å². The third kappa shape index (κ3) is 4.49. The van der Waals surface area contributed by atoms with Gasteiger partial charge in [0.1, 0.15) is 5.76 Å². The zero-order valence-corrected chi connectivity index (χ0v) is 14.5. The smallest absolute Gasteiger partial charge is 0.236 e. The lowest BCUT2D eigenvalue weighted by molar-refractivity contribution is -0.113. The van der Waals surface area contributed by atoms with Gasteiger partial charge in [0, 0.05) is 12.6 Å². The molecule has 8 heteroatoms. The predicted molar refractivity (Wildman–Crippen MR) is 94.3 cm³/mol. The summed E-state index contributed by atoms with van der Waals surface area (Å²) in [6.45, 7) is 2.24. The largest absolute Gasteiger partial charge is 0.390 e. The third-order valence-corrected chi connectivity index (χ3v) is 4.47. The molecule has 0 bridgehead atoms. The first-order valence-electron chi connectivity index (χ1n) is 7.71. The molecule has 0 aliphatic rings. The van der Waals surface area contributed by atoms with E-state index in [9.17, 15) is 9.90 Å². The number of rotatable bonds is 7. The Morgan fingerprint density at radius 3 is 2.84 bits per heavy atom. The second kappa shape index (κ2) is 8.00. The molecule has 3 rings (SSSR count). The number of thioether (sulfide) groups is 1. The van der Waals surface area contributed by atoms with Crippen LogP contribution in [0.3, 0.4) is 0 Å². The molecule has 0 radical (unpaired) electrons. The van der Waals surface area contributed by atoms with Crippen LogP contribution in [0.1, 0.15) is 17.0 Å². The Morgan fingerprint density at radius 1 is 1.36 bits per heavy atom. The first-order chi connectivity index (χ1) is 12.2. The number of carbonyl (C=O) groups is 1. The molecule has 1 amide bonds. The van der Waals surface area contributed by atoms with Crippen molar-refractivity contribution in [2.24, 2.45) is 0 Å². The number of nitrogens with one attached hydrogen (secondary N) is 1. The van der Waals surface area contributed by atoms with E-state index in [1.807, 2.05) is 34.9 Å². The SMILES string of the molecule is Cc1cc(NC(=O)CSc2ncc(CO)n2Cc2ccccc2)no1. The number of aromatic nitrogens is 3. The van der Waals surface area contributed by atoms with Gasteiger partial charge in [0.2, 0.25) is 5.91 Å². The predicted octanol–water partition coefficient (Wildman–Crippen LogP) is 2.45. The molecule has 0 aliphatic heterocycles. The van der Waals surface area contributed by atoms with Crippen LogP contribution < -0.4 is 5.32 Å². The van der Waals surface area contributed by atoms with Crippen LogP contribution in [0.5, 0.6) is 0 Å². The highest BCUT2D eigenvalue weighted by Gasteiger charge is 2.13. The molecule has 2 heterocycles. The fourth-order valence-electron chi connectivity index (χ4n) is 2.30. The normalized spacial score (nSPS) is 10.8. The Balaban J connectivity index is 1.65. The first-order valence-corrected chi connectivity index (χ1v) is 8.69. The lowest BCUT2D eigenvalue weighted by Crippen LogP contribution is -2.15. The summed E-state index contributed by atoms with van der Waals surface area (Å²) in [5.74, 6) is 1.02. The molecule has 0 saturated carbocycles. The van der Waals surface area contributed by atoms with E-state index in [0.717, 1.165) is 5.56 Å². The van der Waals surface area contributed by atoms with Crippen molar-refractivity contribution >= 4 is 23.5 Å². The molecule has 7 nitrogen and oxygen atoms in total. The summed E-state index contributed by atoms with van der Waals surface area (Å²) in [5.41, 5.74) is 1.80. The minimum atomic E-state index is -0.196. The van der Waals surface area contributed by atoms with Gasteiger partial charge in [-0.05, 0) is 12.5 Å². The monoisotopic (exact) mass is 358 g/mol. The average molecular weight is 358 g/mol. The number of aliphatic hydroxyl groups is 1. The number of hydrogen-bond acceptors (Lipinski definition) is 6. The highest BCUT2D eigenvalue weighted by atomic mass is 32.2. The Kier molecular flexibility index (Phi) is 5.52. The number of amides is 1. The maximum Gasteiger partial charge on any atom is 0.236 e. The fourth-order valence-corrected chi connectivity index (χ4v) is 3.10. The average Bonchev–Trinajstić information content (AvgIpc) is 3.20. The van der Waals surface area contributed by atoms with Crippen molar-refractivity contribution < 1.29 is 14.4 Å². The zero-order chi connectivity index (χ0) is 17.6. The molecule has 130 valence electrons. The number of imidazole rings is 1. The number of aryl methyl sites for hydroxylation is 1. The topological polar surface area (TPSA) is 93.2 Å². The molecule has 2 N–H and O–H groups in total. The van der Waals surface area contributed by atoms with Crippen LogP contribution in [-0.2, 0) is 17.9 Å². The first kappa shape index (κ1) is 17.2. The highest BCUT2D eigenvalue weighted by molar-refractivity contribution is 7.99. The Labute approximate surface area is 149 Å². The summed E-state index contributed by atoms with van der Waals surface area (Å²) in [7, 11) is 0. The zero-order valence-electron chi connectivity index (χ0n) is 13.7. The summed E-state index contributed by atoms with van der Waals surface area (Å²) in [4.78, 5) is 16.4. The summed E-state index contributed by atoms with van der Waals surface area (Å²) < 4.78 is 6.83. The van der Waals surface area contributed by atoms with E-state index < -0.39 is 0 Å². The van der Waals surface area contributed by atoms with Crippen molar-refractivity contribution in [3.63, 3.8) is 0 Å². The molecular weight excluding hydrogens is 340 g/mol. The third-order valence-electron chi connectivity index (χ3n) is 3.47. The van der Waals surface area contributed by atoms with Gasteiger partial charge < -0.3 is 19.5 Å². The number of carbonyl (C=O) groups excluding carboxylic acids is 1. The van der Waals surface area contributed by atoms with Crippen molar-refractivity contribution in [1.82, 2.24) is 14.7 Å². The number of anilines is 1. The minimum absolute atomic E-state index is 0.106. The molecule has 2 aromatic heterocycles. The second-order valence-electron chi connectivity index (χ2n) is 5.42. The van der Waals surface area contributed by atoms with E-state index in [-0.39, 0.29) is 18.3 Å². The quantitative estimate of drug-likeness (QED) is 0.630. The lowest BCUT2D eigenvalue weighted by Gasteiger charge is -2.10. The highest BCUT2D eigenvalue weighted by Crippen LogP contribution is 2.21. The molecule has 0 fully saturated rings. The molecule has 3 aromatic rings. The van der Waals surface area contributed by atoms with Crippen LogP contribution in [0.15, 0.2) is 52.3 Å². The van der Waals surface area contributed by atoms with Crippen LogP contribution >= 0.6 is 11.8 Å². The van der Waals surface area contributed by atoms with E-state index in [2.05, 4.69) is 15.5 Å². The standard InChI is InChI=1S/C17H18N4O3S/c1-12-7-15(20-24-12)19-16(23)11-25-17-18-8-14(10-22)21(17)9-13-5-3-2-4-6-13/h2-8,22H,9-11H2,1H3,(H,19,20,23). The van der Waals surface area contributed by atoms with E-state index in [4.69, 9.17) is 4.52 Å². The molecule has 0 spiro atoms. The van der Waals surface area contributed by atoms with Gasteiger partial charge in [0.25, 0.3) is 0 Å². The summed E-state index contributed by atoms with van der Waals surface area (Å²) in [5, 5.41) is 16.6. The number of benzene rings is 1. The Morgan fingerprint density at radius 2 is 2.16 bits per heavy atom. The van der Waals surface area contributed by atoms with Gasteiger partial charge in [0.15, 0.2) is 11.0 Å². The van der Waals surface area contributed by atoms with Crippen molar-refractivity contribution in [2.45, 2.75) is 25.2 Å². The van der Waals surface area contributed by atoms with Gasteiger partial charge in [0.05, 0.1) is 24.3 Å². The van der Waals surface area contributed by atoms with E-state index >= 15 is 0 Å². The molecule has 25 heavy (non-hydrogen) atoms. The van der Waals surface area contributed by atoms with E-state index in [1.165, 1.54) is 11.8 Å². The van der Waals surface area contributed by atoms with Crippen LogP contribution in [0, 0.1) is 6.92 Å². The fraction of sp³-hybridized carbons (Fsp3) is 0.235. The molecular formula is C17H18N4O3S. The number of hydrogen-bond donors (Lipinski definition) is 2. The lowest BCUT2D eigenvalue weighted by atomic mass is 10.2. The summed E-state index contributed by atoms with van der Waals surface area (Å²) in [6, 6.07) is 11.6. The van der Waals surface area contributed by atoms with Gasteiger partial charge in [-0.15, -0.1) is 0 Å². The summed E-state index contributed by atoms with van der Waals surface area (Å²) in [6.07, 6.45) is 1.63. The minimum Gasteiger partial charge on any atom is -0.390 e. The van der Waals surface area contributed by atoms with Gasteiger partial charge in [-0.1, -0.05) is 47.3 Å². The maximum atomic E-state index is 12.0. The van der Waals surface area contributed by atoms with E-state index in [1.54, 1.807) is 19.2 Å². The molecule has 1 aromatic carbocycles. The molecule has 0 unspecified atom stereocenters. The Hall–Kier alpha value is -2.58. The van der Waals surface area contributed by atoms with Crippen LogP contribution in [0.2, 0.25) is 0 Å². The van der Waals surface area contributed by atoms with Crippen LogP contribution in [0.4, 0.5) is 5.82 Å². The number of aliphatic hydroxyl groups excluding tert-OH is 1. The van der Waals surface area contributed by atoms with Gasteiger partial charge >= 0.3 is 0 Å². The van der Waals surface area contributed by atoms with Gasteiger partial charge in [-0.3, -0.25) is 4.79 Å². The Bertz CT molecular complexity index is 845. The van der Waals surface area contributed by atoms with Crippen LogP contribution in [0.25, 0.3) is 0 Å². The van der Waals surface area contributed by atoms with Gasteiger partial charge in [-0.25, -0.2) is 4.98 Å². The van der Waals surface area contributed by atoms with Crippen molar-refractivity contribution in [2.75, 3.05) is 11.1 Å². The molecule has 0 aliphatic carbocycles. The van der Waals surface area contributed by atoms with Crippen molar-refractivity contribution in [3.8, 4) is 0 Å².